The maximum absolute atomic E-state index is 13.1. The summed E-state index contributed by atoms with van der Waals surface area (Å²) in [6.07, 6.45) is 65.0. The minimum Gasteiger partial charge on any atom is -0.462 e. The van der Waals surface area contributed by atoms with Crippen molar-refractivity contribution in [3.8, 4) is 0 Å². The lowest BCUT2D eigenvalue weighted by molar-refractivity contribution is -0.161. The topological polar surface area (TPSA) is 237 Å². The summed E-state index contributed by atoms with van der Waals surface area (Å²) >= 11 is 0. The van der Waals surface area contributed by atoms with Crippen LogP contribution in [0.4, 0.5) is 0 Å². The predicted octanol–water partition coefficient (Wildman–Crippen LogP) is 24.4. The van der Waals surface area contributed by atoms with E-state index in [1.807, 2.05) is 0 Å². The minimum absolute atomic E-state index is 0.109. The van der Waals surface area contributed by atoms with Gasteiger partial charge >= 0.3 is 39.5 Å². The van der Waals surface area contributed by atoms with Crippen LogP contribution >= 0.6 is 15.6 Å². The third-order valence-corrected chi connectivity index (χ3v) is 20.9. The van der Waals surface area contributed by atoms with Crippen LogP contribution in [0, 0.1) is 5.92 Å². The first-order chi connectivity index (χ1) is 48.5. The van der Waals surface area contributed by atoms with Crippen LogP contribution in [0.3, 0.4) is 0 Å². The molecule has 594 valence electrons. The molecule has 0 aliphatic rings. The number of carbonyl (C=O) groups is 4. The number of carbonyl (C=O) groups excluding carboxylic acids is 4. The number of rotatable bonds is 81. The van der Waals surface area contributed by atoms with E-state index < -0.39 is 97.5 Å². The molecule has 0 rings (SSSR count). The molecule has 5 atom stereocenters. The Morgan fingerprint density at radius 2 is 0.460 bits per heavy atom. The number of phosphoric acid groups is 2. The smallest absolute Gasteiger partial charge is 0.462 e. The summed E-state index contributed by atoms with van der Waals surface area (Å²) in [5.41, 5.74) is 0. The van der Waals surface area contributed by atoms with Crippen LogP contribution in [0.1, 0.15) is 433 Å². The fourth-order valence-electron chi connectivity index (χ4n) is 12.6. The molecule has 0 fully saturated rings. The Bertz CT molecular complexity index is 1910. The van der Waals surface area contributed by atoms with E-state index in [1.54, 1.807) is 0 Å². The van der Waals surface area contributed by atoms with E-state index in [-0.39, 0.29) is 25.7 Å². The lowest BCUT2D eigenvalue weighted by Crippen LogP contribution is -2.30. The van der Waals surface area contributed by atoms with Crippen molar-refractivity contribution in [3.63, 3.8) is 0 Å². The summed E-state index contributed by atoms with van der Waals surface area (Å²) in [4.78, 5) is 73.1. The highest BCUT2D eigenvalue weighted by Crippen LogP contribution is 2.45. The average molecular weight is 1470 g/mol. The molecular formula is C81H158O17P2. The first-order valence-electron chi connectivity index (χ1n) is 42.1. The van der Waals surface area contributed by atoms with Gasteiger partial charge in [-0.15, -0.1) is 0 Å². The first kappa shape index (κ1) is 98.1. The van der Waals surface area contributed by atoms with Crippen LogP contribution in [0.15, 0.2) is 0 Å². The zero-order chi connectivity index (χ0) is 73.4. The lowest BCUT2D eigenvalue weighted by Gasteiger charge is -2.21. The second-order valence-electron chi connectivity index (χ2n) is 29.6. The zero-order valence-electron chi connectivity index (χ0n) is 65.3. The van der Waals surface area contributed by atoms with Crippen LogP contribution in [0.2, 0.25) is 0 Å². The van der Waals surface area contributed by atoms with Gasteiger partial charge in [0, 0.05) is 25.7 Å². The minimum atomic E-state index is -4.96. The van der Waals surface area contributed by atoms with Gasteiger partial charge in [-0.1, -0.05) is 381 Å². The largest absolute Gasteiger partial charge is 0.472 e. The van der Waals surface area contributed by atoms with E-state index in [1.165, 1.54) is 257 Å². The first-order valence-corrected chi connectivity index (χ1v) is 45.1. The van der Waals surface area contributed by atoms with Gasteiger partial charge < -0.3 is 33.8 Å². The average Bonchev–Trinajstić information content (AvgIpc) is 0.982. The number of phosphoric ester groups is 2. The SMILES string of the molecule is CCCCCCCCCCCCCCCCCCCCCC(=O)O[C@H](COC(=O)CCCCCCCCCCCCCC(C)C)COP(=O)(O)OC[C@@H](O)COP(=O)(O)OC[C@@H](COC(=O)CCCCCCCCCCCCCCC)OC(=O)CCCCCCCCCCCCCCCC. The summed E-state index contributed by atoms with van der Waals surface area (Å²) in [5.74, 6) is -1.33. The number of aliphatic hydroxyl groups is 1. The molecule has 0 spiro atoms. The number of hydrogen-bond donors (Lipinski definition) is 3. The molecule has 0 aliphatic carbocycles. The van der Waals surface area contributed by atoms with Gasteiger partial charge in [0.15, 0.2) is 12.2 Å². The number of unbranched alkanes of at least 4 members (excludes halogenated alkanes) is 53. The van der Waals surface area contributed by atoms with Gasteiger partial charge in [-0.05, 0) is 31.6 Å². The van der Waals surface area contributed by atoms with E-state index in [4.69, 9.17) is 37.0 Å². The van der Waals surface area contributed by atoms with Gasteiger partial charge in [-0.25, -0.2) is 9.13 Å². The molecule has 0 aromatic rings. The summed E-state index contributed by atoms with van der Waals surface area (Å²) < 4.78 is 68.8. The second-order valence-corrected chi connectivity index (χ2v) is 32.5. The Kier molecular flexibility index (Phi) is 72.5. The second kappa shape index (κ2) is 73.9. The normalized spacial score (nSPS) is 13.8. The van der Waals surface area contributed by atoms with Crippen molar-refractivity contribution in [2.45, 2.75) is 451 Å². The van der Waals surface area contributed by atoms with Crippen molar-refractivity contribution in [2.75, 3.05) is 39.6 Å². The van der Waals surface area contributed by atoms with Crippen molar-refractivity contribution in [1.82, 2.24) is 0 Å². The highest BCUT2D eigenvalue weighted by atomic mass is 31.2. The van der Waals surface area contributed by atoms with E-state index >= 15 is 0 Å². The van der Waals surface area contributed by atoms with Crippen LogP contribution in [0.25, 0.3) is 0 Å². The van der Waals surface area contributed by atoms with E-state index in [0.29, 0.717) is 25.7 Å². The molecule has 3 N–H and O–H groups in total. The van der Waals surface area contributed by atoms with Crippen molar-refractivity contribution in [2.24, 2.45) is 5.92 Å². The number of aliphatic hydroxyl groups excluding tert-OH is 1. The molecule has 0 aromatic carbocycles. The van der Waals surface area contributed by atoms with Gasteiger partial charge in [0.25, 0.3) is 0 Å². The fourth-order valence-corrected chi connectivity index (χ4v) is 14.2. The van der Waals surface area contributed by atoms with Crippen LogP contribution in [0.5, 0.6) is 0 Å². The summed E-state index contributed by atoms with van der Waals surface area (Å²) in [5, 5.41) is 10.6. The number of hydrogen-bond acceptors (Lipinski definition) is 15. The Balaban J connectivity index is 5.25. The summed E-state index contributed by atoms with van der Waals surface area (Å²) in [6, 6.07) is 0. The molecule has 17 nitrogen and oxygen atoms in total. The van der Waals surface area contributed by atoms with Crippen molar-refractivity contribution in [3.05, 3.63) is 0 Å². The molecule has 0 saturated heterocycles. The van der Waals surface area contributed by atoms with Gasteiger partial charge in [0.2, 0.25) is 0 Å². The molecule has 19 heteroatoms. The number of ether oxygens (including phenoxy) is 4. The molecule has 0 amide bonds. The summed E-state index contributed by atoms with van der Waals surface area (Å²) in [7, 11) is -9.92. The molecule has 0 aliphatic heterocycles. The maximum atomic E-state index is 13.1. The molecule has 0 heterocycles. The number of esters is 4. The van der Waals surface area contributed by atoms with Crippen LogP contribution in [-0.4, -0.2) is 96.7 Å². The third kappa shape index (κ3) is 74.3. The molecule has 0 bridgehead atoms. The maximum Gasteiger partial charge on any atom is 0.472 e. The highest BCUT2D eigenvalue weighted by molar-refractivity contribution is 7.47. The molecule has 0 aromatic heterocycles. The standard InChI is InChI=1S/C81H158O17P2/c1-6-9-12-15-18-21-24-27-29-30-31-32-33-36-41-47-52-57-62-67-81(86)98-77(71-92-79(84)65-60-55-50-45-42-37-38-43-48-53-58-63-74(4)5)73-96-100(89,90)94-69-75(82)68-93-99(87,88)95-72-76(70-91-78(83)64-59-54-49-44-39-34-26-23-20-17-14-11-8-3)97-80(85)66-61-56-51-46-40-35-28-25-22-19-16-13-10-7-2/h74-77,82H,6-73H2,1-5H3,(H,87,88)(H,89,90)/t75-,76+,77+/m0/s1. The third-order valence-electron chi connectivity index (χ3n) is 19.0. The Labute approximate surface area is 613 Å². The van der Waals surface area contributed by atoms with Gasteiger partial charge in [0.05, 0.1) is 26.4 Å². The fraction of sp³-hybridized carbons (Fsp3) is 0.951. The van der Waals surface area contributed by atoms with Gasteiger partial charge in [-0.3, -0.25) is 37.3 Å². The van der Waals surface area contributed by atoms with E-state index in [0.717, 1.165) is 95.8 Å². The van der Waals surface area contributed by atoms with Gasteiger partial charge in [0.1, 0.15) is 19.3 Å². The predicted molar refractivity (Wildman–Crippen MR) is 409 cm³/mol. The molecule has 100 heavy (non-hydrogen) atoms. The summed E-state index contributed by atoms with van der Waals surface area (Å²) in [6.45, 7) is 7.34. The van der Waals surface area contributed by atoms with Crippen molar-refractivity contribution >= 4 is 39.5 Å². The molecule has 0 saturated carbocycles. The Hall–Kier alpha value is -1.94. The highest BCUT2D eigenvalue weighted by Gasteiger charge is 2.30. The van der Waals surface area contributed by atoms with Crippen molar-refractivity contribution < 1.29 is 80.2 Å². The Morgan fingerprint density at radius 1 is 0.270 bits per heavy atom. The lowest BCUT2D eigenvalue weighted by atomic mass is 10.0. The molecule has 2 unspecified atom stereocenters. The van der Waals surface area contributed by atoms with Crippen LogP contribution in [-0.2, 0) is 65.4 Å². The Morgan fingerprint density at radius 3 is 0.680 bits per heavy atom. The quantitative estimate of drug-likeness (QED) is 0.0222. The zero-order valence-corrected chi connectivity index (χ0v) is 67.1. The molecular weight excluding hydrogens is 1310 g/mol. The monoisotopic (exact) mass is 1470 g/mol. The van der Waals surface area contributed by atoms with Crippen molar-refractivity contribution in [1.29, 1.82) is 0 Å². The van der Waals surface area contributed by atoms with E-state index in [2.05, 4.69) is 34.6 Å². The molecule has 0 radical (unpaired) electrons. The van der Waals surface area contributed by atoms with E-state index in [9.17, 15) is 43.2 Å². The van der Waals surface area contributed by atoms with Gasteiger partial charge in [-0.2, -0.15) is 0 Å². The van der Waals surface area contributed by atoms with Crippen LogP contribution < -0.4 is 0 Å².